The van der Waals surface area contributed by atoms with Crippen molar-refractivity contribution in [2.75, 3.05) is 44.8 Å². The highest BCUT2D eigenvalue weighted by molar-refractivity contribution is 7.22. The van der Waals surface area contributed by atoms with Crippen molar-refractivity contribution in [1.82, 2.24) is 9.88 Å². The Balaban J connectivity index is 1.31. The standard InChI is InChI=1S/C20H20ClN3O3S/c1-26-14-5-7-15(8-6-14)27-13-18(25)23-9-11-24(12-10-23)20-22-19-16(21)3-2-4-17(19)28-20/h2-8H,9-13H2,1H3. The van der Waals surface area contributed by atoms with Crippen LogP contribution in [0, 0.1) is 0 Å². The normalized spacial score (nSPS) is 14.4. The first-order chi connectivity index (χ1) is 13.6. The van der Waals surface area contributed by atoms with Crippen molar-refractivity contribution >= 4 is 44.2 Å². The van der Waals surface area contributed by atoms with Crippen LogP contribution in [-0.2, 0) is 4.79 Å². The van der Waals surface area contributed by atoms with E-state index in [0.29, 0.717) is 23.9 Å². The number of fused-ring (bicyclic) bond motifs is 1. The van der Waals surface area contributed by atoms with Gasteiger partial charge in [-0.25, -0.2) is 4.98 Å². The molecule has 0 N–H and O–H groups in total. The lowest BCUT2D eigenvalue weighted by Crippen LogP contribution is -2.50. The van der Waals surface area contributed by atoms with Crippen molar-refractivity contribution in [2.24, 2.45) is 0 Å². The largest absolute Gasteiger partial charge is 0.497 e. The van der Waals surface area contributed by atoms with E-state index in [2.05, 4.69) is 9.88 Å². The number of rotatable bonds is 5. The highest BCUT2D eigenvalue weighted by Gasteiger charge is 2.23. The van der Waals surface area contributed by atoms with Crippen LogP contribution in [0.3, 0.4) is 0 Å². The summed E-state index contributed by atoms with van der Waals surface area (Å²) in [4.78, 5) is 21.2. The molecule has 8 heteroatoms. The zero-order valence-electron chi connectivity index (χ0n) is 15.4. The summed E-state index contributed by atoms with van der Waals surface area (Å²) in [5.74, 6) is 1.40. The van der Waals surface area contributed by atoms with Gasteiger partial charge < -0.3 is 19.3 Å². The molecule has 1 saturated heterocycles. The number of carbonyl (C=O) groups excluding carboxylic acids is 1. The van der Waals surface area contributed by atoms with Crippen LogP contribution in [0.2, 0.25) is 5.02 Å². The Bertz CT molecular complexity index is 968. The van der Waals surface area contributed by atoms with Gasteiger partial charge in [-0.1, -0.05) is 29.0 Å². The number of nitrogens with zero attached hydrogens (tertiary/aromatic N) is 3. The third-order valence-corrected chi connectivity index (χ3v) is 6.07. The van der Waals surface area contributed by atoms with E-state index >= 15 is 0 Å². The maximum atomic E-state index is 12.5. The summed E-state index contributed by atoms with van der Waals surface area (Å²) in [7, 11) is 1.61. The number of ether oxygens (including phenoxy) is 2. The molecule has 0 radical (unpaired) electrons. The molecule has 1 aliphatic heterocycles. The molecular formula is C20H20ClN3O3S. The Morgan fingerprint density at radius 2 is 1.82 bits per heavy atom. The maximum Gasteiger partial charge on any atom is 0.260 e. The van der Waals surface area contributed by atoms with E-state index in [1.807, 2.05) is 35.2 Å². The number of halogens is 1. The molecule has 0 aliphatic carbocycles. The molecule has 1 aromatic heterocycles. The Morgan fingerprint density at radius 1 is 1.11 bits per heavy atom. The van der Waals surface area contributed by atoms with Crippen molar-refractivity contribution in [3.63, 3.8) is 0 Å². The van der Waals surface area contributed by atoms with Gasteiger partial charge in [0.25, 0.3) is 5.91 Å². The monoisotopic (exact) mass is 417 g/mol. The summed E-state index contributed by atoms with van der Waals surface area (Å²) >= 11 is 7.86. The first kappa shape index (κ1) is 18.8. The molecule has 0 bridgehead atoms. The van der Waals surface area contributed by atoms with Gasteiger partial charge in [-0.05, 0) is 36.4 Å². The number of methoxy groups -OCH3 is 1. The average molecular weight is 418 g/mol. The van der Waals surface area contributed by atoms with Gasteiger partial charge in [-0.3, -0.25) is 4.79 Å². The third-order valence-electron chi connectivity index (χ3n) is 4.68. The summed E-state index contributed by atoms with van der Waals surface area (Å²) in [6, 6.07) is 13.0. The Hall–Kier alpha value is -2.51. The smallest absolute Gasteiger partial charge is 0.260 e. The highest BCUT2D eigenvalue weighted by atomic mass is 35.5. The van der Waals surface area contributed by atoms with E-state index < -0.39 is 0 Å². The Labute approximate surface area is 172 Å². The second kappa shape index (κ2) is 8.24. The lowest BCUT2D eigenvalue weighted by atomic mass is 10.3. The van der Waals surface area contributed by atoms with Crippen LogP contribution in [0.4, 0.5) is 5.13 Å². The second-order valence-electron chi connectivity index (χ2n) is 6.42. The Kier molecular flexibility index (Phi) is 5.54. The summed E-state index contributed by atoms with van der Waals surface area (Å²) in [5, 5.41) is 1.62. The number of aromatic nitrogens is 1. The molecule has 1 fully saturated rings. The SMILES string of the molecule is COc1ccc(OCC(=O)N2CCN(c3nc4c(Cl)cccc4s3)CC2)cc1. The number of carbonyl (C=O) groups is 1. The van der Waals surface area contributed by atoms with Crippen LogP contribution in [0.25, 0.3) is 10.2 Å². The van der Waals surface area contributed by atoms with Crippen LogP contribution in [-0.4, -0.2) is 55.7 Å². The summed E-state index contributed by atoms with van der Waals surface area (Å²) in [6.45, 7) is 2.81. The molecule has 0 unspecified atom stereocenters. The van der Waals surface area contributed by atoms with Crippen molar-refractivity contribution in [2.45, 2.75) is 0 Å². The minimum Gasteiger partial charge on any atom is -0.497 e. The summed E-state index contributed by atoms with van der Waals surface area (Å²) < 4.78 is 11.8. The van der Waals surface area contributed by atoms with Crippen molar-refractivity contribution in [3.8, 4) is 11.5 Å². The fraction of sp³-hybridized carbons (Fsp3) is 0.300. The number of hydrogen-bond donors (Lipinski definition) is 0. The van der Waals surface area contributed by atoms with Crippen molar-refractivity contribution < 1.29 is 14.3 Å². The third kappa shape index (κ3) is 4.00. The topological polar surface area (TPSA) is 54.9 Å². The lowest BCUT2D eigenvalue weighted by molar-refractivity contribution is -0.133. The quantitative estimate of drug-likeness (QED) is 0.633. The second-order valence-corrected chi connectivity index (χ2v) is 7.83. The van der Waals surface area contributed by atoms with Gasteiger partial charge in [-0.15, -0.1) is 0 Å². The molecular weight excluding hydrogens is 398 g/mol. The van der Waals surface area contributed by atoms with Crippen LogP contribution in [0.5, 0.6) is 11.5 Å². The molecule has 3 aromatic rings. The van der Waals surface area contributed by atoms with Crippen LogP contribution < -0.4 is 14.4 Å². The minimum absolute atomic E-state index is 0.0113. The van der Waals surface area contributed by atoms with E-state index in [1.165, 1.54) is 0 Å². The van der Waals surface area contributed by atoms with Crippen LogP contribution in [0.1, 0.15) is 0 Å². The highest BCUT2D eigenvalue weighted by Crippen LogP contribution is 2.33. The lowest BCUT2D eigenvalue weighted by Gasteiger charge is -2.34. The average Bonchev–Trinajstić information content (AvgIpc) is 3.18. The van der Waals surface area contributed by atoms with Crippen molar-refractivity contribution in [3.05, 3.63) is 47.5 Å². The fourth-order valence-corrected chi connectivity index (χ4v) is 4.41. The maximum absolute atomic E-state index is 12.5. The number of para-hydroxylation sites is 1. The first-order valence-corrected chi connectivity index (χ1v) is 10.2. The zero-order valence-corrected chi connectivity index (χ0v) is 17.0. The fourth-order valence-electron chi connectivity index (χ4n) is 3.09. The molecule has 2 aromatic carbocycles. The number of piperazine rings is 1. The number of benzene rings is 2. The molecule has 1 amide bonds. The molecule has 0 saturated carbocycles. The predicted molar refractivity (Wildman–Crippen MR) is 112 cm³/mol. The van der Waals surface area contributed by atoms with E-state index in [0.717, 1.165) is 34.2 Å². The number of amides is 1. The number of thiazole rings is 1. The van der Waals surface area contributed by atoms with Crippen LogP contribution in [0.15, 0.2) is 42.5 Å². The molecule has 146 valence electrons. The van der Waals surface area contributed by atoms with E-state index in [1.54, 1.807) is 30.6 Å². The molecule has 6 nitrogen and oxygen atoms in total. The minimum atomic E-state index is -0.0113. The van der Waals surface area contributed by atoms with Gasteiger partial charge in [0.1, 0.15) is 17.0 Å². The zero-order chi connectivity index (χ0) is 19.5. The molecule has 0 spiro atoms. The summed E-state index contributed by atoms with van der Waals surface area (Å²) in [6.07, 6.45) is 0. The number of hydrogen-bond acceptors (Lipinski definition) is 6. The molecule has 28 heavy (non-hydrogen) atoms. The van der Waals surface area contributed by atoms with Gasteiger partial charge in [0.15, 0.2) is 11.7 Å². The van der Waals surface area contributed by atoms with Gasteiger partial charge in [-0.2, -0.15) is 0 Å². The molecule has 0 atom stereocenters. The van der Waals surface area contributed by atoms with E-state index in [-0.39, 0.29) is 12.5 Å². The van der Waals surface area contributed by atoms with Crippen LogP contribution >= 0.6 is 22.9 Å². The van der Waals surface area contributed by atoms with Gasteiger partial charge in [0, 0.05) is 26.2 Å². The van der Waals surface area contributed by atoms with Crippen molar-refractivity contribution in [1.29, 1.82) is 0 Å². The first-order valence-electron chi connectivity index (χ1n) is 8.98. The molecule has 4 rings (SSSR count). The molecule has 2 heterocycles. The number of anilines is 1. The van der Waals surface area contributed by atoms with E-state index in [9.17, 15) is 4.79 Å². The molecule has 1 aliphatic rings. The van der Waals surface area contributed by atoms with Gasteiger partial charge >= 0.3 is 0 Å². The summed E-state index contributed by atoms with van der Waals surface area (Å²) in [5.41, 5.74) is 0.843. The van der Waals surface area contributed by atoms with Gasteiger partial charge in [0.05, 0.1) is 16.8 Å². The van der Waals surface area contributed by atoms with Gasteiger partial charge in [0.2, 0.25) is 0 Å². The Morgan fingerprint density at radius 3 is 2.50 bits per heavy atom. The van der Waals surface area contributed by atoms with E-state index in [4.69, 9.17) is 21.1 Å². The predicted octanol–water partition coefficient (Wildman–Crippen LogP) is 3.69.